The highest BCUT2D eigenvalue weighted by atomic mass is 16.2. The van der Waals surface area contributed by atoms with E-state index in [4.69, 9.17) is 0 Å². The van der Waals surface area contributed by atoms with Gasteiger partial charge in [-0.25, -0.2) is 0 Å². The van der Waals surface area contributed by atoms with Crippen molar-refractivity contribution in [3.8, 4) is 0 Å². The smallest absolute Gasteiger partial charge is 0.257 e. The predicted molar refractivity (Wildman–Crippen MR) is 116 cm³/mol. The van der Waals surface area contributed by atoms with Crippen LogP contribution in [-0.4, -0.2) is 29.7 Å². The first-order chi connectivity index (χ1) is 14.1. The van der Waals surface area contributed by atoms with Crippen LogP contribution in [0.2, 0.25) is 0 Å². The van der Waals surface area contributed by atoms with Crippen molar-refractivity contribution in [2.24, 2.45) is 34.5 Å². The molecule has 7 atom stereocenters. The van der Waals surface area contributed by atoms with E-state index in [1.54, 1.807) is 0 Å². The first-order valence-corrected chi connectivity index (χ1v) is 11.9. The van der Waals surface area contributed by atoms with Crippen LogP contribution in [0.4, 0.5) is 0 Å². The Balaban J connectivity index is 1.63. The number of carbonyl (C=O) groups excluding carboxylic acids is 3. The largest absolute Gasteiger partial charge is 0.348 e. The Morgan fingerprint density at radius 3 is 2.50 bits per heavy atom. The van der Waals surface area contributed by atoms with Gasteiger partial charge in [-0.3, -0.25) is 14.4 Å². The number of hydrogen-bond acceptors (Lipinski definition) is 3. The summed E-state index contributed by atoms with van der Waals surface area (Å²) in [4.78, 5) is 37.8. The van der Waals surface area contributed by atoms with Gasteiger partial charge in [-0.1, -0.05) is 40.2 Å². The van der Waals surface area contributed by atoms with Crippen LogP contribution in [0.1, 0.15) is 79.6 Å². The molecule has 166 valence electrons. The number of carbonyl (C=O) groups is 3. The quantitative estimate of drug-likeness (QED) is 0.688. The molecule has 4 aliphatic rings. The molecule has 2 N–H and O–H groups in total. The third-order valence-electron chi connectivity index (χ3n) is 9.20. The highest BCUT2D eigenvalue weighted by Gasteiger charge is 2.58. The summed E-state index contributed by atoms with van der Waals surface area (Å²) in [6.45, 7) is 10.0. The van der Waals surface area contributed by atoms with Crippen LogP contribution in [0.3, 0.4) is 0 Å². The van der Waals surface area contributed by atoms with Crippen molar-refractivity contribution in [2.75, 3.05) is 0 Å². The zero-order valence-corrected chi connectivity index (χ0v) is 19.2. The summed E-state index contributed by atoms with van der Waals surface area (Å²) >= 11 is 0. The molecule has 4 rings (SSSR count). The third-order valence-corrected chi connectivity index (χ3v) is 9.20. The first-order valence-electron chi connectivity index (χ1n) is 11.9. The van der Waals surface area contributed by atoms with Gasteiger partial charge < -0.3 is 10.6 Å². The van der Waals surface area contributed by atoms with E-state index in [0.717, 1.165) is 12.3 Å². The van der Waals surface area contributed by atoms with Crippen LogP contribution in [0.15, 0.2) is 11.6 Å². The first kappa shape index (κ1) is 21.6. The molecule has 0 radical (unpaired) electrons. The number of fused-ring (bicyclic) bond motifs is 5. The molecule has 0 aromatic heterocycles. The topological polar surface area (TPSA) is 75.3 Å². The maximum atomic E-state index is 13.0. The summed E-state index contributed by atoms with van der Waals surface area (Å²) < 4.78 is 0. The zero-order chi connectivity index (χ0) is 21.8. The zero-order valence-electron chi connectivity index (χ0n) is 19.2. The van der Waals surface area contributed by atoms with E-state index in [0.29, 0.717) is 17.3 Å². The Labute approximate surface area is 180 Å². The Morgan fingerprint density at radius 1 is 1.10 bits per heavy atom. The van der Waals surface area contributed by atoms with Crippen molar-refractivity contribution in [1.82, 2.24) is 10.6 Å². The van der Waals surface area contributed by atoms with Crippen molar-refractivity contribution in [3.63, 3.8) is 0 Å². The van der Waals surface area contributed by atoms with Gasteiger partial charge in [0.15, 0.2) is 5.78 Å². The minimum atomic E-state index is -0.565. The third kappa shape index (κ3) is 3.33. The van der Waals surface area contributed by atoms with E-state index in [1.165, 1.54) is 45.4 Å². The number of hydrogen-bond donors (Lipinski definition) is 2. The van der Waals surface area contributed by atoms with E-state index in [2.05, 4.69) is 24.5 Å². The number of nitrogens with one attached hydrogen (secondary N) is 2. The van der Waals surface area contributed by atoms with E-state index >= 15 is 0 Å². The van der Waals surface area contributed by atoms with E-state index in [9.17, 15) is 14.4 Å². The van der Waals surface area contributed by atoms with Crippen LogP contribution < -0.4 is 10.6 Å². The van der Waals surface area contributed by atoms with Gasteiger partial charge in [0.1, 0.15) is 5.57 Å². The van der Waals surface area contributed by atoms with E-state index in [1.807, 2.05) is 19.9 Å². The summed E-state index contributed by atoms with van der Waals surface area (Å²) in [6, 6.07) is -0.466. The minimum Gasteiger partial charge on any atom is -0.348 e. The predicted octanol–water partition coefficient (Wildman–Crippen LogP) is 3.77. The second-order valence-electron chi connectivity index (χ2n) is 11.3. The summed E-state index contributed by atoms with van der Waals surface area (Å²) in [7, 11) is 0. The summed E-state index contributed by atoms with van der Waals surface area (Å²) in [5.41, 5.74) is 0.482. The minimum absolute atomic E-state index is 0.0144. The van der Waals surface area contributed by atoms with Crippen LogP contribution in [0.5, 0.6) is 0 Å². The van der Waals surface area contributed by atoms with Crippen LogP contribution in [-0.2, 0) is 14.4 Å². The maximum Gasteiger partial charge on any atom is 0.257 e. The Hall–Kier alpha value is -1.65. The fourth-order valence-electron chi connectivity index (χ4n) is 7.56. The molecule has 5 nitrogen and oxygen atoms in total. The maximum absolute atomic E-state index is 13.0. The molecule has 0 spiro atoms. The van der Waals surface area contributed by atoms with Gasteiger partial charge in [0.2, 0.25) is 0 Å². The average molecular weight is 415 g/mol. The SMILES string of the molecule is CC(=O)C(NC(=O)C1=C[C@@]2(C)C(CC[C@@H]3[C@H]2CC[C@]2(C)CCC[C@@H]32)NC1=O)C(C)C. The number of Topliss-reactive ketones (excluding diaryl/α,β-unsaturated/α-hetero) is 1. The summed E-state index contributed by atoms with van der Waals surface area (Å²) in [5.74, 6) is 1.17. The fourth-order valence-corrected chi connectivity index (χ4v) is 7.56. The molecule has 3 saturated carbocycles. The Kier molecular flexibility index (Phi) is 5.39. The number of amides is 2. The molecule has 1 heterocycles. The van der Waals surface area contributed by atoms with Crippen LogP contribution in [0, 0.1) is 34.5 Å². The molecule has 2 amide bonds. The molecule has 0 aromatic rings. The summed E-state index contributed by atoms with van der Waals surface area (Å²) in [5, 5.41) is 6.00. The monoisotopic (exact) mass is 414 g/mol. The highest BCUT2D eigenvalue weighted by molar-refractivity contribution is 6.19. The highest BCUT2D eigenvalue weighted by Crippen LogP contribution is 2.63. The Morgan fingerprint density at radius 2 is 1.83 bits per heavy atom. The molecule has 1 aliphatic heterocycles. The average Bonchev–Trinajstić information content (AvgIpc) is 3.07. The molecule has 30 heavy (non-hydrogen) atoms. The lowest BCUT2D eigenvalue weighted by Gasteiger charge is -2.58. The normalized spacial score (nSPS) is 41.1. The number of rotatable bonds is 4. The molecular weight excluding hydrogens is 376 g/mol. The van der Waals surface area contributed by atoms with Crippen molar-refractivity contribution in [3.05, 3.63) is 11.6 Å². The van der Waals surface area contributed by atoms with Crippen molar-refractivity contribution < 1.29 is 14.4 Å². The van der Waals surface area contributed by atoms with Gasteiger partial charge in [-0.15, -0.1) is 0 Å². The van der Waals surface area contributed by atoms with E-state index in [-0.39, 0.29) is 34.6 Å². The van der Waals surface area contributed by atoms with E-state index < -0.39 is 11.9 Å². The second-order valence-corrected chi connectivity index (χ2v) is 11.3. The molecule has 0 aromatic carbocycles. The van der Waals surface area contributed by atoms with Crippen molar-refractivity contribution in [1.29, 1.82) is 0 Å². The van der Waals surface area contributed by atoms with Gasteiger partial charge in [-0.05, 0) is 74.5 Å². The lowest BCUT2D eigenvalue weighted by Crippen LogP contribution is -2.61. The van der Waals surface area contributed by atoms with Crippen LogP contribution >= 0.6 is 0 Å². The molecule has 3 fully saturated rings. The molecule has 5 heteroatoms. The lowest BCUT2D eigenvalue weighted by molar-refractivity contribution is -0.130. The summed E-state index contributed by atoms with van der Waals surface area (Å²) in [6.07, 6.45) is 10.6. The van der Waals surface area contributed by atoms with Crippen molar-refractivity contribution in [2.45, 2.75) is 91.6 Å². The second kappa shape index (κ2) is 7.49. The number of ketones is 1. The van der Waals surface area contributed by atoms with Crippen LogP contribution in [0.25, 0.3) is 0 Å². The van der Waals surface area contributed by atoms with Gasteiger partial charge in [-0.2, -0.15) is 0 Å². The Bertz CT molecular complexity index is 787. The fraction of sp³-hybridized carbons (Fsp3) is 0.800. The van der Waals surface area contributed by atoms with Gasteiger partial charge in [0.05, 0.1) is 6.04 Å². The van der Waals surface area contributed by atoms with Gasteiger partial charge in [0, 0.05) is 11.5 Å². The molecule has 0 saturated heterocycles. The van der Waals surface area contributed by atoms with Gasteiger partial charge in [0.25, 0.3) is 11.8 Å². The molecule has 3 aliphatic carbocycles. The van der Waals surface area contributed by atoms with Gasteiger partial charge >= 0.3 is 0 Å². The molecule has 0 bridgehead atoms. The standard InChI is InChI=1S/C25H38N2O3/c1-14(2)21(15(3)28)27-23(30)17-13-25(5)19-10-12-24(4)11-6-7-18(24)16(19)8-9-20(25)26-22(17)29/h13-14,16,18-21H,6-12H2,1-5H3,(H,26,29)(H,27,30)/t16-,18-,19+,20?,21?,24-,25+/m0/s1. The van der Waals surface area contributed by atoms with Crippen molar-refractivity contribution >= 4 is 17.6 Å². The lowest BCUT2D eigenvalue weighted by atomic mass is 9.48. The molecule has 2 unspecified atom stereocenters. The molecular formula is C25H38N2O3.